The molecule has 0 fully saturated rings. The number of benzene rings is 2. The molecule has 2 nitrogen and oxygen atoms in total. The minimum absolute atomic E-state index is 0.0839. The van der Waals surface area contributed by atoms with Crippen LogP contribution in [0.15, 0.2) is 48.5 Å². The molecule has 2 rings (SSSR count). The van der Waals surface area contributed by atoms with Crippen LogP contribution in [0.25, 0.3) is 6.08 Å². The molecule has 0 saturated carbocycles. The first-order chi connectivity index (χ1) is 9.97. The highest BCUT2D eigenvalue weighted by Crippen LogP contribution is 2.23. The largest absolute Gasteiger partial charge is 0.378 e. The summed E-state index contributed by atoms with van der Waals surface area (Å²) in [6.45, 7) is 0. The molecule has 4 heteroatoms. The Morgan fingerprint density at radius 3 is 2.29 bits per heavy atom. The molecule has 2 aromatic rings. The lowest BCUT2D eigenvalue weighted by atomic mass is 10.1. The molecule has 0 N–H and O–H groups in total. The Morgan fingerprint density at radius 1 is 1.05 bits per heavy atom. The van der Waals surface area contributed by atoms with E-state index < -0.39 is 0 Å². The van der Waals surface area contributed by atoms with Crippen molar-refractivity contribution >= 4 is 40.7 Å². The fourth-order valence-electron chi connectivity index (χ4n) is 1.81. The van der Waals surface area contributed by atoms with Crippen molar-refractivity contribution in [1.29, 1.82) is 0 Å². The van der Waals surface area contributed by atoms with Gasteiger partial charge < -0.3 is 4.90 Å². The van der Waals surface area contributed by atoms with Crippen molar-refractivity contribution in [3.8, 4) is 0 Å². The molecule has 0 aliphatic rings. The van der Waals surface area contributed by atoms with Crippen molar-refractivity contribution < 1.29 is 4.79 Å². The van der Waals surface area contributed by atoms with Crippen LogP contribution in [0.4, 0.5) is 5.69 Å². The van der Waals surface area contributed by atoms with Gasteiger partial charge >= 0.3 is 0 Å². The molecule has 0 unspecified atom stereocenters. The maximum absolute atomic E-state index is 12.0. The van der Waals surface area contributed by atoms with Gasteiger partial charge in [-0.1, -0.05) is 29.3 Å². The summed E-state index contributed by atoms with van der Waals surface area (Å²) in [5.41, 5.74) is 2.42. The molecule has 0 heterocycles. The highest BCUT2D eigenvalue weighted by Gasteiger charge is 2.04. The van der Waals surface area contributed by atoms with Crippen LogP contribution < -0.4 is 4.90 Å². The Hall–Kier alpha value is -1.77. The number of halogens is 2. The Labute approximate surface area is 134 Å². The lowest BCUT2D eigenvalue weighted by Crippen LogP contribution is -2.08. The summed E-state index contributed by atoms with van der Waals surface area (Å²) in [5, 5.41) is 1.22. The number of allylic oxidation sites excluding steroid dienone is 1. The van der Waals surface area contributed by atoms with E-state index in [9.17, 15) is 4.79 Å². The van der Waals surface area contributed by atoms with Gasteiger partial charge in [-0.3, -0.25) is 4.79 Å². The van der Waals surface area contributed by atoms with Gasteiger partial charge in [-0.05, 0) is 54.1 Å². The molecule has 0 bridgehead atoms. The number of hydrogen-bond donors (Lipinski definition) is 0. The Bertz CT molecular complexity index is 676. The Kier molecular flexibility index (Phi) is 5.05. The van der Waals surface area contributed by atoms with E-state index in [4.69, 9.17) is 23.2 Å². The molecule has 0 spiro atoms. The van der Waals surface area contributed by atoms with Gasteiger partial charge in [-0.15, -0.1) is 0 Å². The lowest BCUT2D eigenvalue weighted by Gasteiger charge is -2.13. The molecule has 0 aliphatic heterocycles. The molecule has 0 aromatic heterocycles. The van der Waals surface area contributed by atoms with E-state index in [0.29, 0.717) is 15.6 Å². The van der Waals surface area contributed by atoms with E-state index in [1.165, 1.54) is 6.08 Å². The maximum Gasteiger partial charge on any atom is 0.185 e. The van der Waals surface area contributed by atoms with E-state index in [2.05, 4.69) is 0 Å². The minimum atomic E-state index is -0.0839. The number of carbonyl (C=O) groups excluding carboxylic acids is 1. The number of carbonyl (C=O) groups is 1. The topological polar surface area (TPSA) is 20.3 Å². The third kappa shape index (κ3) is 4.10. The van der Waals surface area contributed by atoms with Crippen LogP contribution in [0.3, 0.4) is 0 Å². The van der Waals surface area contributed by atoms with E-state index in [1.54, 1.807) is 30.3 Å². The average molecular weight is 320 g/mol. The van der Waals surface area contributed by atoms with Crippen LogP contribution in [0.1, 0.15) is 15.9 Å². The van der Waals surface area contributed by atoms with Gasteiger partial charge in [-0.2, -0.15) is 0 Å². The Balaban J connectivity index is 2.17. The number of hydrogen-bond acceptors (Lipinski definition) is 2. The third-order valence-electron chi connectivity index (χ3n) is 3.04. The van der Waals surface area contributed by atoms with Gasteiger partial charge in [0.1, 0.15) is 0 Å². The first-order valence-corrected chi connectivity index (χ1v) is 7.18. The highest BCUT2D eigenvalue weighted by molar-refractivity contribution is 6.32. The minimum Gasteiger partial charge on any atom is -0.378 e. The third-order valence-corrected chi connectivity index (χ3v) is 3.62. The molecular formula is C17H15Cl2NO. The van der Waals surface area contributed by atoms with Crippen molar-refractivity contribution in [3.63, 3.8) is 0 Å². The van der Waals surface area contributed by atoms with Crippen molar-refractivity contribution in [2.75, 3.05) is 19.0 Å². The van der Waals surface area contributed by atoms with Crippen LogP contribution in [-0.4, -0.2) is 19.9 Å². The van der Waals surface area contributed by atoms with Crippen molar-refractivity contribution in [2.45, 2.75) is 0 Å². The van der Waals surface area contributed by atoms with Gasteiger partial charge in [-0.25, -0.2) is 0 Å². The molecule has 0 aliphatic carbocycles. The standard InChI is InChI=1S/C17H15Cl2NO/c1-20(2)15-9-5-12(16(19)11-15)6-10-17(21)13-3-7-14(18)8-4-13/h3-11H,1-2H3/b10-6+. The first-order valence-electron chi connectivity index (χ1n) is 6.42. The zero-order valence-electron chi connectivity index (χ0n) is 11.8. The van der Waals surface area contributed by atoms with Gasteiger partial charge in [0.25, 0.3) is 0 Å². The normalized spacial score (nSPS) is 10.9. The highest BCUT2D eigenvalue weighted by atomic mass is 35.5. The quantitative estimate of drug-likeness (QED) is 0.586. The summed E-state index contributed by atoms with van der Waals surface area (Å²) >= 11 is 12.0. The predicted octanol–water partition coefficient (Wildman–Crippen LogP) is 4.96. The van der Waals surface area contributed by atoms with Gasteiger partial charge in [0.15, 0.2) is 5.78 Å². The predicted molar refractivity (Wildman–Crippen MR) is 90.6 cm³/mol. The molecule has 21 heavy (non-hydrogen) atoms. The van der Waals surface area contributed by atoms with E-state index in [-0.39, 0.29) is 5.78 Å². The van der Waals surface area contributed by atoms with Crippen LogP contribution in [0.5, 0.6) is 0 Å². The van der Waals surface area contributed by atoms with Crippen molar-refractivity contribution in [2.24, 2.45) is 0 Å². The average Bonchev–Trinajstić information content (AvgIpc) is 2.46. The second-order valence-electron chi connectivity index (χ2n) is 4.80. The van der Waals surface area contributed by atoms with Crippen LogP contribution in [-0.2, 0) is 0 Å². The summed E-state index contributed by atoms with van der Waals surface area (Å²) in [5.74, 6) is -0.0839. The molecule has 0 radical (unpaired) electrons. The zero-order valence-corrected chi connectivity index (χ0v) is 13.3. The zero-order chi connectivity index (χ0) is 15.4. The fourth-order valence-corrected chi connectivity index (χ4v) is 2.17. The SMILES string of the molecule is CN(C)c1ccc(/C=C/C(=O)c2ccc(Cl)cc2)c(Cl)c1. The number of rotatable bonds is 4. The van der Waals surface area contributed by atoms with E-state index >= 15 is 0 Å². The summed E-state index contributed by atoms with van der Waals surface area (Å²) in [6.07, 6.45) is 3.23. The molecule has 0 amide bonds. The second kappa shape index (κ2) is 6.79. The monoisotopic (exact) mass is 319 g/mol. The number of anilines is 1. The Morgan fingerprint density at radius 2 is 1.71 bits per heavy atom. The lowest BCUT2D eigenvalue weighted by molar-refractivity contribution is 0.104. The second-order valence-corrected chi connectivity index (χ2v) is 5.65. The first kappa shape index (κ1) is 15.6. The van der Waals surface area contributed by atoms with Gasteiger partial charge in [0.2, 0.25) is 0 Å². The van der Waals surface area contributed by atoms with E-state index in [1.807, 2.05) is 37.2 Å². The smallest absolute Gasteiger partial charge is 0.185 e. The van der Waals surface area contributed by atoms with E-state index in [0.717, 1.165) is 11.3 Å². The summed E-state index contributed by atoms with van der Waals surface area (Å²) < 4.78 is 0. The van der Waals surface area contributed by atoms with Crippen molar-refractivity contribution in [1.82, 2.24) is 0 Å². The summed E-state index contributed by atoms with van der Waals surface area (Å²) in [6, 6.07) is 12.5. The fraction of sp³-hybridized carbons (Fsp3) is 0.118. The molecule has 0 atom stereocenters. The van der Waals surface area contributed by atoms with Gasteiger partial charge in [0, 0.05) is 35.4 Å². The summed E-state index contributed by atoms with van der Waals surface area (Å²) in [4.78, 5) is 14.0. The number of nitrogens with zero attached hydrogens (tertiary/aromatic N) is 1. The molecular weight excluding hydrogens is 305 g/mol. The molecule has 108 valence electrons. The maximum atomic E-state index is 12.0. The molecule has 2 aromatic carbocycles. The van der Waals surface area contributed by atoms with Gasteiger partial charge in [0.05, 0.1) is 0 Å². The van der Waals surface area contributed by atoms with Crippen LogP contribution in [0.2, 0.25) is 10.0 Å². The number of ketones is 1. The van der Waals surface area contributed by atoms with Crippen LogP contribution >= 0.6 is 23.2 Å². The van der Waals surface area contributed by atoms with Crippen molar-refractivity contribution in [3.05, 3.63) is 69.7 Å². The van der Waals surface area contributed by atoms with Crippen LogP contribution in [0, 0.1) is 0 Å². The molecule has 0 saturated heterocycles. The summed E-state index contributed by atoms with van der Waals surface area (Å²) in [7, 11) is 3.90.